The van der Waals surface area contributed by atoms with E-state index >= 15 is 0 Å². The molecule has 2 rings (SSSR count). The molecule has 2 aliphatic rings. The van der Waals surface area contributed by atoms with Gasteiger partial charge in [0.15, 0.2) is 9.84 Å². The highest BCUT2D eigenvalue weighted by atomic mass is 32.2. The monoisotopic (exact) mass is 294 g/mol. The zero-order chi connectivity index (χ0) is 13.3. The summed E-state index contributed by atoms with van der Waals surface area (Å²) in [6.07, 6.45) is 1.18. The average Bonchev–Trinajstić information content (AvgIpc) is 2.73. The minimum atomic E-state index is -3.26. The van der Waals surface area contributed by atoms with Crippen LogP contribution in [0.4, 0.5) is 0 Å². The Labute approximate surface area is 111 Å². The number of amides is 1. The molecular weight excluding hydrogens is 276 g/mol. The Morgan fingerprint density at radius 3 is 2.72 bits per heavy atom. The molecule has 0 spiro atoms. The number of ether oxygens (including phenoxy) is 1. The number of hydrogen-bond acceptors (Lipinski definition) is 6. The topological polar surface area (TPSA) is 89.7 Å². The third-order valence-electron chi connectivity index (χ3n) is 3.30. The number of rotatable bonds is 2. The van der Waals surface area contributed by atoms with Crippen LogP contribution >= 0.6 is 11.8 Å². The summed E-state index contributed by atoms with van der Waals surface area (Å²) in [4.78, 5) is 13.8. The molecule has 0 radical (unpaired) electrons. The van der Waals surface area contributed by atoms with Crippen LogP contribution in [0, 0.1) is 5.92 Å². The Balaban J connectivity index is 2.16. The normalized spacial score (nSPS) is 33.7. The molecule has 18 heavy (non-hydrogen) atoms. The van der Waals surface area contributed by atoms with Gasteiger partial charge >= 0.3 is 0 Å². The predicted molar refractivity (Wildman–Crippen MR) is 70.0 cm³/mol. The average molecular weight is 294 g/mol. The van der Waals surface area contributed by atoms with Gasteiger partial charge in [0.05, 0.1) is 19.1 Å². The number of hydrogen-bond donors (Lipinski definition) is 1. The summed E-state index contributed by atoms with van der Waals surface area (Å²) in [5.74, 6) is 0.613. The molecule has 2 saturated heterocycles. The molecule has 104 valence electrons. The fourth-order valence-electron chi connectivity index (χ4n) is 2.23. The van der Waals surface area contributed by atoms with Crippen molar-refractivity contribution in [2.24, 2.45) is 11.7 Å². The predicted octanol–water partition coefficient (Wildman–Crippen LogP) is -1.09. The van der Waals surface area contributed by atoms with Gasteiger partial charge in [-0.1, -0.05) is 0 Å². The first kappa shape index (κ1) is 14.1. The lowest BCUT2D eigenvalue weighted by Gasteiger charge is -2.36. The molecule has 2 aliphatic heterocycles. The molecule has 3 unspecified atom stereocenters. The van der Waals surface area contributed by atoms with Crippen LogP contribution in [-0.4, -0.2) is 68.2 Å². The minimum Gasteiger partial charge on any atom is -0.379 e. The Hall–Kier alpha value is -0.310. The first-order valence-corrected chi connectivity index (χ1v) is 8.92. The van der Waals surface area contributed by atoms with E-state index in [4.69, 9.17) is 10.5 Å². The molecule has 1 amide bonds. The second kappa shape index (κ2) is 5.36. The van der Waals surface area contributed by atoms with Crippen molar-refractivity contribution < 1.29 is 17.9 Å². The second-order valence-electron chi connectivity index (χ2n) is 4.70. The van der Waals surface area contributed by atoms with E-state index in [2.05, 4.69) is 0 Å². The highest BCUT2D eigenvalue weighted by molar-refractivity contribution is 8.00. The maximum atomic E-state index is 12.4. The van der Waals surface area contributed by atoms with Crippen LogP contribution in [0.5, 0.6) is 0 Å². The summed E-state index contributed by atoms with van der Waals surface area (Å²) >= 11 is 1.56. The molecule has 2 fully saturated rings. The number of sulfone groups is 1. The first-order chi connectivity index (χ1) is 8.41. The molecule has 0 aromatic carbocycles. The highest BCUT2D eigenvalue weighted by Gasteiger charge is 2.40. The van der Waals surface area contributed by atoms with Crippen molar-refractivity contribution in [2.75, 3.05) is 37.5 Å². The van der Waals surface area contributed by atoms with Gasteiger partial charge in [-0.25, -0.2) is 8.42 Å². The van der Waals surface area contributed by atoms with Crippen molar-refractivity contribution in [1.29, 1.82) is 0 Å². The third kappa shape index (κ3) is 2.81. The van der Waals surface area contributed by atoms with E-state index in [1.165, 1.54) is 11.2 Å². The zero-order valence-corrected chi connectivity index (χ0v) is 11.9. The highest BCUT2D eigenvalue weighted by Crippen LogP contribution is 2.24. The van der Waals surface area contributed by atoms with Crippen molar-refractivity contribution in [2.45, 2.75) is 11.4 Å². The number of carbonyl (C=O) groups excluding carboxylic acids is 1. The van der Waals surface area contributed by atoms with Gasteiger partial charge in [0.25, 0.3) is 0 Å². The van der Waals surface area contributed by atoms with Gasteiger partial charge in [-0.15, -0.1) is 0 Å². The van der Waals surface area contributed by atoms with Crippen molar-refractivity contribution in [1.82, 2.24) is 4.90 Å². The van der Waals surface area contributed by atoms with Crippen molar-refractivity contribution in [3.63, 3.8) is 0 Å². The Morgan fingerprint density at radius 1 is 1.44 bits per heavy atom. The van der Waals surface area contributed by atoms with Crippen molar-refractivity contribution >= 4 is 27.5 Å². The van der Waals surface area contributed by atoms with Crippen LogP contribution in [0.1, 0.15) is 0 Å². The van der Waals surface area contributed by atoms with Gasteiger partial charge in [0.2, 0.25) is 5.91 Å². The lowest BCUT2D eigenvalue weighted by atomic mass is 10.0. The minimum absolute atomic E-state index is 0.185. The van der Waals surface area contributed by atoms with E-state index in [1.54, 1.807) is 11.8 Å². The summed E-state index contributed by atoms with van der Waals surface area (Å²) < 4.78 is 28.6. The lowest BCUT2D eigenvalue weighted by Crippen LogP contribution is -2.54. The maximum Gasteiger partial charge on any atom is 0.230 e. The second-order valence-corrected chi connectivity index (χ2v) is 8.05. The summed E-state index contributed by atoms with van der Waals surface area (Å²) in [7, 11) is -3.26. The molecule has 0 aliphatic carbocycles. The molecule has 0 bridgehead atoms. The Morgan fingerprint density at radius 2 is 2.17 bits per heavy atom. The molecule has 0 saturated carbocycles. The van der Waals surface area contributed by atoms with E-state index < -0.39 is 21.1 Å². The molecule has 2 heterocycles. The SMILES string of the molecule is CS(=O)(=O)C1CSCCN1C(=O)C1COCC1N. The van der Waals surface area contributed by atoms with Gasteiger partial charge in [-0.3, -0.25) is 4.79 Å². The van der Waals surface area contributed by atoms with Gasteiger partial charge in [-0.05, 0) is 0 Å². The molecule has 6 nitrogen and oxygen atoms in total. The quantitative estimate of drug-likeness (QED) is 0.696. The van der Waals surface area contributed by atoms with Gasteiger partial charge < -0.3 is 15.4 Å². The number of carbonyl (C=O) groups is 1. The van der Waals surface area contributed by atoms with E-state index in [1.807, 2.05) is 0 Å². The maximum absolute atomic E-state index is 12.4. The summed E-state index contributed by atoms with van der Waals surface area (Å²) in [6, 6.07) is -0.327. The molecule has 0 aromatic heterocycles. The summed E-state index contributed by atoms with van der Waals surface area (Å²) in [5, 5.41) is -0.725. The van der Waals surface area contributed by atoms with E-state index in [0.717, 1.165) is 5.75 Å². The van der Waals surface area contributed by atoms with Crippen LogP contribution < -0.4 is 5.73 Å². The smallest absolute Gasteiger partial charge is 0.230 e. The number of thioether (sulfide) groups is 1. The van der Waals surface area contributed by atoms with Crippen molar-refractivity contribution in [3.8, 4) is 0 Å². The molecular formula is C10H18N2O4S2. The van der Waals surface area contributed by atoms with Crippen LogP contribution in [0.2, 0.25) is 0 Å². The van der Waals surface area contributed by atoms with Gasteiger partial charge in [-0.2, -0.15) is 11.8 Å². The lowest BCUT2D eigenvalue weighted by molar-refractivity contribution is -0.136. The number of nitrogens with zero attached hydrogens (tertiary/aromatic N) is 1. The zero-order valence-electron chi connectivity index (χ0n) is 10.2. The Kier molecular flexibility index (Phi) is 4.20. The number of nitrogens with two attached hydrogens (primary N) is 1. The van der Waals surface area contributed by atoms with Crippen LogP contribution in [0.15, 0.2) is 0 Å². The van der Waals surface area contributed by atoms with E-state index in [0.29, 0.717) is 25.5 Å². The largest absolute Gasteiger partial charge is 0.379 e. The Bertz CT molecular complexity index is 426. The molecule has 0 aromatic rings. The summed E-state index contributed by atoms with van der Waals surface area (Å²) in [5.41, 5.74) is 5.81. The molecule has 2 N–H and O–H groups in total. The van der Waals surface area contributed by atoms with Gasteiger partial charge in [0.1, 0.15) is 5.37 Å². The molecule has 3 atom stereocenters. The third-order valence-corrected chi connectivity index (χ3v) is 5.95. The van der Waals surface area contributed by atoms with E-state index in [-0.39, 0.29) is 11.9 Å². The van der Waals surface area contributed by atoms with Crippen LogP contribution in [0.25, 0.3) is 0 Å². The first-order valence-electron chi connectivity index (χ1n) is 5.81. The fourth-order valence-corrected chi connectivity index (χ4v) is 5.05. The van der Waals surface area contributed by atoms with E-state index in [9.17, 15) is 13.2 Å². The van der Waals surface area contributed by atoms with Crippen LogP contribution in [0.3, 0.4) is 0 Å². The van der Waals surface area contributed by atoms with Gasteiger partial charge in [0, 0.05) is 30.3 Å². The van der Waals surface area contributed by atoms with Crippen LogP contribution in [-0.2, 0) is 19.4 Å². The molecule has 8 heteroatoms. The van der Waals surface area contributed by atoms with Crippen molar-refractivity contribution in [3.05, 3.63) is 0 Å². The summed E-state index contributed by atoms with van der Waals surface area (Å²) in [6.45, 7) is 1.12. The standard InChI is InChI=1S/C10H18N2O4S2/c1-18(14,15)9-6-17-3-2-12(9)10(13)7-4-16-5-8(7)11/h7-9H,2-6,11H2,1H3. The fraction of sp³-hybridized carbons (Fsp3) is 0.900.